The van der Waals surface area contributed by atoms with Crippen LogP contribution < -0.4 is 10.6 Å². The predicted molar refractivity (Wildman–Crippen MR) is 140 cm³/mol. The van der Waals surface area contributed by atoms with Crippen LogP contribution in [0.4, 0.5) is 4.79 Å². The van der Waals surface area contributed by atoms with Gasteiger partial charge >= 0.3 is 6.09 Å². The maximum atomic E-state index is 13.0. The number of amides is 1. The van der Waals surface area contributed by atoms with Crippen molar-refractivity contribution in [3.05, 3.63) is 83.6 Å². The molecule has 2 unspecified atom stereocenters. The second-order valence-electron chi connectivity index (χ2n) is 10.3. The number of rotatable bonds is 9. The summed E-state index contributed by atoms with van der Waals surface area (Å²) in [5, 5.41) is 6.59. The lowest BCUT2D eigenvalue weighted by Gasteiger charge is -2.39. The Bertz CT molecular complexity index is 914. The summed E-state index contributed by atoms with van der Waals surface area (Å²) in [5.74, 6) is 0.649. The number of alkyl carbamates (subject to hydrolysis) is 1. The van der Waals surface area contributed by atoms with Crippen LogP contribution in [-0.4, -0.2) is 49.3 Å². The van der Waals surface area contributed by atoms with Crippen molar-refractivity contribution < 1.29 is 9.53 Å². The molecule has 1 amide bonds. The molecule has 1 aliphatic heterocycles. The number of ether oxygens (including phenoxy) is 1. The Morgan fingerprint density at radius 3 is 2.15 bits per heavy atom. The first-order chi connectivity index (χ1) is 16.2. The van der Waals surface area contributed by atoms with E-state index in [0.29, 0.717) is 12.3 Å². The Kier molecular flexibility index (Phi) is 8.56. The van der Waals surface area contributed by atoms with Crippen molar-refractivity contribution in [3.63, 3.8) is 0 Å². The van der Waals surface area contributed by atoms with Gasteiger partial charge in [-0.1, -0.05) is 60.7 Å². The second kappa shape index (κ2) is 11.2. The van der Waals surface area contributed by atoms with Crippen molar-refractivity contribution in [1.29, 1.82) is 0 Å². The standard InChI is InChI=1S/C29H41N3O2/c1-7-26(34-27(33)30-21-25-18-19-28(3,4)31-25)29(20-22(2)32(5)6,23-14-10-8-11-15-23)24-16-12-9-13-17-24/h7-17,22,25,31H,18-21H2,1-6H3,(H,30,33)/b26-7-. The fourth-order valence-electron chi connectivity index (χ4n) is 4.98. The molecule has 3 rings (SSSR count). The lowest BCUT2D eigenvalue weighted by molar-refractivity contribution is 0.153. The van der Waals surface area contributed by atoms with Crippen LogP contribution in [0, 0.1) is 0 Å². The van der Waals surface area contributed by atoms with E-state index in [1.54, 1.807) is 0 Å². The average molecular weight is 464 g/mol. The molecule has 0 bridgehead atoms. The van der Waals surface area contributed by atoms with E-state index in [4.69, 9.17) is 4.74 Å². The number of carbonyl (C=O) groups excluding carboxylic acids is 1. The highest BCUT2D eigenvalue weighted by Gasteiger charge is 2.42. The van der Waals surface area contributed by atoms with Crippen molar-refractivity contribution in [2.45, 2.75) is 70.0 Å². The summed E-state index contributed by atoms with van der Waals surface area (Å²) in [6.45, 7) is 9.11. The summed E-state index contributed by atoms with van der Waals surface area (Å²) in [6.07, 6.45) is 4.44. The Balaban J connectivity index is 1.94. The number of allylic oxidation sites excluding steroid dienone is 2. The first-order valence-electron chi connectivity index (χ1n) is 12.4. The quantitative estimate of drug-likeness (QED) is 0.484. The van der Waals surface area contributed by atoms with E-state index < -0.39 is 11.5 Å². The van der Waals surface area contributed by atoms with Gasteiger partial charge in [-0.05, 0) is 78.3 Å². The van der Waals surface area contributed by atoms with Crippen LogP contribution in [-0.2, 0) is 10.2 Å². The highest BCUT2D eigenvalue weighted by atomic mass is 16.6. The summed E-state index contributed by atoms with van der Waals surface area (Å²) >= 11 is 0. The molecule has 5 nitrogen and oxygen atoms in total. The number of hydrogen-bond acceptors (Lipinski definition) is 4. The molecule has 2 atom stereocenters. The Hall–Kier alpha value is -2.63. The molecule has 1 fully saturated rings. The maximum Gasteiger partial charge on any atom is 0.412 e. The molecule has 0 aliphatic carbocycles. The monoisotopic (exact) mass is 463 g/mol. The number of benzene rings is 2. The second-order valence-corrected chi connectivity index (χ2v) is 10.3. The average Bonchev–Trinajstić information content (AvgIpc) is 3.19. The summed E-state index contributed by atoms with van der Waals surface area (Å²) < 4.78 is 6.13. The Morgan fingerprint density at radius 1 is 1.15 bits per heavy atom. The third kappa shape index (κ3) is 6.08. The molecule has 2 aromatic rings. The number of hydrogen-bond donors (Lipinski definition) is 2. The lowest BCUT2D eigenvalue weighted by atomic mass is 9.68. The van der Waals surface area contributed by atoms with Gasteiger partial charge in [0.1, 0.15) is 5.76 Å². The largest absolute Gasteiger partial charge is 0.414 e. The van der Waals surface area contributed by atoms with Gasteiger partial charge < -0.3 is 20.3 Å². The van der Waals surface area contributed by atoms with Gasteiger partial charge in [-0.25, -0.2) is 4.79 Å². The van der Waals surface area contributed by atoms with Gasteiger partial charge in [0.2, 0.25) is 0 Å². The van der Waals surface area contributed by atoms with E-state index in [1.807, 2.05) is 49.4 Å². The third-order valence-electron chi connectivity index (χ3n) is 7.11. The van der Waals surface area contributed by atoms with Crippen LogP contribution in [0.2, 0.25) is 0 Å². The maximum absolute atomic E-state index is 13.0. The molecule has 0 aromatic heterocycles. The van der Waals surface area contributed by atoms with Crippen LogP contribution in [0.15, 0.2) is 72.5 Å². The zero-order valence-corrected chi connectivity index (χ0v) is 21.6. The van der Waals surface area contributed by atoms with Crippen molar-refractivity contribution in [2.24, 2.45) is 0 Å². The first kappa shape index (κ1) is 26.0. The number of carbonyl (C=O) groups is 1. The minimum Gasteiger partial charge on any atom is -0.414 e. The molecule has 0 radical (unpaired) electrons. The lowest BCUT2D eigenvalue weighted by Crippen LogP contribution is -2.44. The molecule has 0 saturated carbocycles. The summed E-state index contributed by atoms with van der Waals surface area (Å²) in [6, 6.07) is 21.3. The molecule has 34 heavy (non-hydrogen) atoms. The topological polar surface area (TPSA) is 53.6 Å². The SMILES string of the molecule is C/C=C(\OC(=O)NCC1CCC(C)(C)N1)C(CC(C)N(C)C)(c1ccccc1)c1ccccc1. The highest BCUT2D eigenvalue weighted by Crippen LogP contribution is 2.44. The van der Waals surface area contributed by atoms with E-state index in [1.165, 1.54) is 0 Å². The van der Waals surface area contributed by atoms with Crippen LogP contribution in [0.3, 0.4) is 0 Å². The van der Waals surface area contributed by atoms with Crippen molar-refractivity contribution in [1.82, 2.24) is 15.5 Å². The molecule has 0 spiro atoms. The Morgan fingerprint density at radius 2 is 1.71 bits per heavy atom. The van der Waals surface area contributed by atoms with Crippen molar-refractivity contribution in [2.75, 3.05) is 20.6 Å². The van der Waals surface area contributed by atoms with Gasteiger partial charge in [-0.15, -0.1) is 0 Å². The number of nitrogens with one attached hydrogen (secondary N) is 2. The van der Waals surface area contributed by atoms with E-state index >= 15 is 0 Å². The minimum atomic E-state index is -0.605. The molecule has 5 heteroatoms. The summed E-state index contributed by atoms with van der Waals surface area (Å²) in [4.78, 5) is 15.3. The summed E-state index contributed by atoms with van der Waals surface area (Å²) in [5.41, 5.74) is 1.72. The minimum absolute atomic E-state index is 0.114. The first-order valence-corrected chi connectivity index (χ1v) is 12.4. The molecule has 184 valence electrons. The molecular formula is C29H41N3O2. The van der Waals surface area contributed by atoms with Crippen molar-refractivity contribution >= 4 is 6.09 Å². The number of nitrogens with zero attached hydrogens (tertiary/aromatic N) is 1. The van der Waals surface area contributed by atoms with Gasteiger partial charge in [0.15, 0.2) is 0 Å². The van der Waals surface area contributed by atoms with E-state index in [9.17, 15) is 4.79 Å². The van der Waals surface area contributed by atoms with Crippen LogP contribution >= 0.6 is 0 Å². The van der Waals surface area contributed by atoms with E-state index in [2.05, 4.69) is 74.7 Å². The fourth-order valence-corrected chi connectivity index (χ4v) is 4.98. The zero-order valence-electron chi connectivity index (χ0n) is 21.6. The van der Waals surface area contributed by atoms with Crippen LogP contribution in [0.25, 0.3) is 0 Å². The molecule has 1 aliphatic rings. The molecule has 2 N–H and O–H groups in total. The third-order valence-corrected chi connectivity index (χ3v) is 7.11. The van der Waals surface area contributed by atoms with Gasteiger partial charge in [0.25, 0.3) is 0 Å². The smallest absolute Gasteiger partial charge is 0.412 e. The molecule has 1 saturated heterocycles. The van der Waals surface area contributed by atoms with Gasteiger partial charge in [0.05, 0.1) is 5.41 Å². The van der Waals surface area contributed by atoms with Crippen LogP contribution in [0.5, 0.6) is 0 Å². The summed E-state index contributed by atoms with van der Waals surface area (Å²) in [7, 11) is 4.18. The molecule has 2 aromatic carbocycles. The predicted octanol–water partition coefficient (Wildman–Crippen LogP) is 5.47. The highest BCUT2D eigenvalue weighted by molar-refractivity contribution is 5.69. The normalized spacial score (nSPS) is 19.1. The van der Waals surface area contributed by atoms with Crippen LogP contribution in [0.1, 0.15) is 58.1 Å². The fraction of sp³-hybridized carbons (Fsp3) is 0.483. The molecule has 1 heterocycles. The van der Waals surface area contributed by atoms with Gasteiger partial charge in [0, 0.05) is 24.2 Å². The van der Waals surface area contributed by atoms with E-state index in [0.717, 1.165) is 30.4 Å². The van der Waals surface area contributed by atoms with E-state index in [-0.39, 0.29) is 17.6 Å². The van der Waals surface area contributed by atoms with Crippen molar-refractivity contribution in [3.8, 4) is 0 Å². The Labute approximate surface area is 205 Å². The molecular weight excluding hydrogens is 422 g/mol. The van der Waals surface area contributed by atoms with Gasteiger partial charge in [-0.3, -0.25) is 0 Å². The zero-order chi connectivity index (χ0) is 24.8. The van der Waals surface area contributed by atoms with Gasteiger partial charge in [-0.2, -0.15) is 0 Å².